The molecule has 0 bridgehead atoms. The van der Waals surface area contributed by atoms with E-state index >= 15 is 0 Å². The van der Waals surface area contributed by atoms with Crippen molar-refractivity contribution in [2.45, 2.75) is 25.4 Å². The highest BCUT2D eigenvalue weighted by Crippen LogP contribution is 2.28. The summed E-state index contributed by atoms with van der Waals surface area (Å²) in [5.74, 6) is 0.0502. The van der Waals surface area contributed by atoms with Crippen LogP contribution in [0.25, 0.3) is 0 Å². The second-order valence-electron chi connectivity index (χ2n) is 4.32. The Morgan fingerprint density at radius 2 is 2.21 bits per heavy atom. The first kappa shape index (κ1) is 13.0. The van der Waals surface area contributed by atoms with E-state index in [0.717, 1.165) is 5.01 Å². The molecule has 1 aromatic heterocycles. The molecular formula is C12H11BrFN3OS. The van der Waals surface area contributed by atoms with E-state index in [4.69, 9.17) is 4.74 Å². The summed E-state index contributed by atoms with van der Waals surface area (Å²) in [6.07, 6.45) is 2.47. The maximum absolute atomic E-state index is 13.2. The minimum Gasteiger partial charge on any atom is -0.430 e. The van der Waals surface area contributed by atoms with Crippen molar-refractivity contribution in [2.24, 2.45) is 0 Å². The minimum atomic E-state index is -0.357. The fourth-order valence-corrected chi connectivity index (χ4v) is 2.66. The van der Waals surface area contributed by atoms with Crippen LogP contribution in [0.5, 0.6) is 10.9 Å². The fourth-order valence-electron chi connectivity index (χ4n) is 1.56. The number of benzene rings is 1. The lowest BCUT2D eigenvalue weighted by molar-refractivity contribution is 0.467. The average molecular weight is 344 g/mol. The molecule has 3 rings (SSSR count). The van der Waals surface area contributed by atoms with Crippen molar-refractivity contribution in [2.75, 3.05) is 0 Å². The van der Waals surface area contributed by atoms with Gasteiger partial charge in [-0.15, -0.1) is 5.10 Å². The van der Waals surface area contributed by atoms with Gasteiger partial charge in [-0.2, -0.15) is 0 Å². The Bertz CT molecular complexity index is 568. The molecule has 4 nitrogen and oxygen atoms in total. The molecular weight excluding hydrogens is 333 g/mol. The lowest BCUT2D eigenvalue weighted by Crippen LogP contribution is -2.14. The van der Waals surface area contributed by atoms with Gasteiger partial charge in [-0.1, -0.05) is 32.4 Å². The summed E-state index contributed by atoms with van der Waals surface area (Å²) in [4.78, 5) is 0. The Kier molecular flexibility index (Phi) is 3.76. The molecule has 0 spiro atoms. The van der Waals surface area contributed by atoms with Crippen LogP contribution in [-0.4, -0.2) is 16.2 Å². The molecule has 100 valence electrons. The first-order chi connectivity index (χ1) is 9.19. The Morgan fingerprint density at radius 1 is 1.37 bits per heavy atom. The van der Waals surface area contributed by atoms with Crippen molar-refractivity contribution >= 4 is 27.3 Å². The highest BCUT2D eigenvalue weighted by Gasteiger charge is 2.20. The van der Waals surface area contributed by atoms with Gasteiger partial charge in [-0.3, -0.25) is 0 Å². The van der Waals surface area contributed by atoms with Crippen LogP contribution in [-0.2, 0) is 6.54 Å². The van der Waals surface area contributed by atoms with Gasteiger partial charge in [0.25, 0.3) is 5.19 Å². The van der Waals surface area contributed by atoms with E-state index in [-0.39, 0.29) is 5.82 Å². The largest absolute Gasteiger partial charge is 0.430 e. The second-order valence-corrected chi connectivity index (χ2v) is 6.26. The number of rotatable bonds is 5. The molecule has 0 radical (unpaired) electrons. The first-order valence-corrected chi connectivity index (χ1v) is 7.50. The average Bonchev–Trinajstić information content (AvgIpc) is 3.06. The fraction of sp³-hybridized carbons (Fsp3) is 0.333. The van der Waals surface area contributed by atoms with Gasteiger partial charge in [0.05, 0.1) is 6.54 Å². The maximum Gasteiger partial charge on any atom is 0.299 e. The number of nitrogens with zero attached hydrogens (tertiary/aromatic N) is 2. The third-order valence-electron chi connectivity index (χ3n) is 2.61. The van der Waals surface area contributed by atoms with Crippen molar-refractivity contribution in [3.8, 4) is 10.9 Å². The van der Waals surface area contributed by atoms with Gasteiger partial charge >= 0.3 is 0 Å². The molecule has 19 heavy (non-hydrogen) atoms. The van der Waals surface area contributed by atoms with Crippen molar-refractivity contribution in [3.63, 3.8) is 0 Å². The lowest BCUT2D eigenvalue weighted by Gasteiger charge is -2.01. The smallest absolute Gasteiger partial charge is 0.299 e. The molecule has 2 aromatic rings. The molecule has 0 atom stereocenters. The molecule has 7 heteroatoms. The minimum absolute atomic E-state index is 0.357. The summed E-state index contributed by atoms with van der Waals surface area (Å²) in [7, 11) is 0. The molecule has 1 saturated carbocycles. The Hall–Kier alpha value is -1.05. The lowest BCUT2D eigenvalue weighted by atomic mass is 10.3. The van der Waals surface area contributed by atoms with Crippen LogP contribution >= 0.6 is 27.3 Å². The molecule has 1 N–H and O–H groups in total. The summed E-state index contributed by atoms with van der Waals surface area (Å²) < 4.78 is 19.3. The van der Waals surface area contributed by atoms with Crippen LogP contribution < -0.4 is 10.1 Å². The summed E-state index contributed by atoms with van der Waals surface area (Å²) in [6, 6.07) is 5.01. The number of ether oxygens (including phenoxy) is 1. The van der Waals surface area contributed by atoms with Crippen LogP contribution in [0, 0.1) is 5.82 Å². The Balaban J connectivity index is 1.65. The number of nitrogens with one attached hydrogen (secondary N) is 1. The van der Waals surface area contributed by atoms with E-state index in [9.17, 15) is 4.39 Å². The van der Waals surface area contributed by atoms with Crippen molar-refractivity contribution in [3.05, 3.63) is 33.5 Å². The highest BCUT2D eigenvalue weighted by molar-refractivity contribution is 9.10. The monoisotopic (exact) mass is 343 g/mol. The van der Waals surface area contributed by atoms with Gasteiger partial charge in [0.15, 0.2) is 0 Å². The van der Waals surface area contributed by atoms with E-state index < -0.39 is 0 Å². The predicted molar refractivity (Wildman–Crippen MR) is 73.9 cm³/mol. The van der Waals surface area contributed by atoms with Gasteiger partial charge in [0.2, 0.25) is 0 Å². The molecule has 1 heterocycles. The van der Waals surface area contributed by atoms with Crippen molar-refractivity contribution in [1.82, 2.24) is 15.5 Å². The second kappa shape index (κ2) is 5.52. The summed E-state index contributed by atoms with van der Waals surface area (Å²) in [5.41, 5.74) is 0. The van der Waals surface area contributed by atoms with Crippen LogP contribution in [0.3, 0.4) is 0 Å². The molecule has 1 aliphatic rings. The predicted octanol–water partition coefficient (Wildman–Crippen LogP) is 3.48. The van der Waals surface area contributed by atoms with Gasteiger partial charge in [-0.25, -0.2) is 4.39 Å². The van der Waals surface area contributed by atoms with E-state index in [0.29, 0.717) is 28.0 Å². The molecule has 1 aliphatic carbocycles. The van der Waals surface area contributed by atoms with E-state index in [2.05, 4.69) is 31.4 Å². The normalized spacial score (nSPS) is 14.6. The van der Waals surface area contributed by atoms with Crippen molar-refractivity contribution < 1.29 is 9.13 Å². The van der Waals surface area contributed by atoms with Gasteiger partial charge in [0, 0.05) is 16.6 Å². The standard InChI is InChI=1S/C12H11BrFN3OS/c13-7-3-8(14)5-10(4-7)18-12-17-16-11(19-12)6-15-9-1-2-9/h3-5,9,15H,1-2,6H2. The zero-order valence-corrected chi connectivity index (χ0v) is 12.3. The summed E-state index contributed by atoms with van der Waals surface area (Å²) >= 11 is 4.58. The first-order valence-electron chi connectivity index (χ1n) is 5.89. The summed E-state index contributed by atoms with van der Waals surface area (Å²) in [6.45, 7) is 0.707. The van der Waals surface area contributed by atoms with E-state index in [1.54, 1.807) is 6.07 Å². The summed E-state index contributed by atoms with van der Waals surface area (Å²) in [5, 5.41) is 12.6. The molecule has 0 unspecified atom stereocenters. The quantitative estimate of drug-likeness (QED) is 0.902. The van der Waals surface area contributed by atoms with Gasteiger partial charge in [-0.05, 0) is 25.0 Å². The SMILES string of the molecule is Fc1cc(Br)cc(Oc2nnc(CNC3CC3)s2)c1. The number of hydrogen-bond acceptors (Lipinski definition) is 5. The zero-order chi connectivity index (χ0) is 13.2. The topological polar surface area (TPSA) is 47.0 Å². The number of halogens is 2. The van der Waals surface area contributed by atoms with Crippen LogP contribution in [0.4, 0.5) is 4.39 Å². The third-order valence-corrected chi connectivity index (χ3v) is 3.87. The highest BCUT2D eigenvalue weighted by atomic mass is 79.9. The zero-order valence-electron chi connectivity index (χ0n) is 9.90. The van der Waals surface area contributed by atoms with Crippen LogP contribution in [0.2, 0.25) is 0 Å². The Labute approximate surface area is 122 Å². The van der Waals surface area contributed by atoms with E-state index in [1.807, 2.05) is 0 Å². The van der Waals surface area contributed by atoms with Crippen molar-refractivity contribution in [1.29, 1.82) is 0 Å². The number of hydrogen-bond donors (Lipinski definition) is 1. The molecule has 0 amide bonds. The maximum atomic E-state index is 13.2. The molecule has 0 saturated heterocycles. The van der Waals surface area contributed by atoms with Gasteiger partial charge < -0.3 is 10.1 Å². The van der Waals surface area contributed by atoms with Gasteiger partial charge in [0.1, 0.15) is 16.6 Å². The van der Waals surface area contributed by atoms with Crippen LogP contribution in [0.1, 0.15) is 17.8 Å². The third kappa shape index (κ3) is 3.71. The van der Waals surface area contributed by atoms with Crippen LogP contribution in [0.15, 0.2) is 22.7 Å². The molecule has 1 fully saturated rings. The Morgan fingerprint density at radius 3 is 2.95 bits per heavy atom. The number of aromatic nitrogens is 2. The molecule has 1 aromatic carbocycles. The molecule has 0 aliphatic heterocycles. The van der Waals surface area contributed by atoms with E-state index in [1.165, 1.54) is 36.3 Å².